The smallest absolute Gasteiger partial charge is 0.255 e. The first kappa shape index (κ1) is 20.9. The molecule has 7 heteroatoms. The molecule has 4 aromatic rings. The van der Waals surface area contributed by atoms with Crippen molar-refractivity contribution in [3.05, 3.63) is 84.1 Å². The molecule has 0 bridgehead atoms. The van der Waals surface area contributed by atoms with Crippen LogP contribution in [0, 0.1) is 6.92 Å². The van der Waals surface area contributed by atoms with Crippen molar-refractivity contribution in [3.63, 3.8) is 0 Å². The first-order valence-corrected chi connectivity index (χ1v) is 11.0. The van der Waals surface area contributed by atoms with E-state index in [1.165, 1.54) is 0 Å². The van der Waals surface area contributed by atoms with E-state index in [0.717, 1.165) is 46.7 Å². The Morgan fingerprint density at radius 3 is 2.39 bits per heavy atom. The highest BCUT2D eigenvalue weighted by Gasteiger charge is 2.14. The monoisotopic (exact) mass is 439 g/mol. The highest BCUT2D eigenvalue weighted by molar-refractivity contribution is 6.06. The molecule has 1 fully saturated rings. The number of nitrogens with one attached hydrogen (secondary N) is 2. The summed E-state index contributed by atoms with van der Waals surface area (Å²) in [5.41, 5.74) is 3.09. The van der Waals surface area contributed by atoms with Gasteiger partial charge in [-0.15, -0.1) is 0 Å². The number of morpholine rings is 1. The molecule has 7 nitrogen and oxygen atoms in total. The van der Waals surface area contributed by atoms with E-state index >= 15 is 0 Å². The van der Waals surface area contributed by atoms with Gasteiger partial charge in [0.1, 0.15) is 5.82 Å². The second-order valence-corrected chi connectivity index (χ2v) is 8.01. The van der Waals surface area contributed by atoms with Crippen LogP contribution in [0.5, 0.6) is 0 Å². The number of nitrogens with zero attached hydrogens (tertiary/aromatic N) is 3. The van der Waals surface area contributed by atoms with Crippen molar-refractivity contribution in [2.45, 2.75) is 6.92 Å². The van der Waals surface area contributed by atoms with Gasteiger partial charge in [-0.1, -0.05) is 30.3 Å². The topological polar surface area (TPSA) is 79.4 Å². The Morgan fingerprint density at radius 1 is 0.879 bits per heavy atom. The molecule has 1 amide bonds. The first-order valence-electron chi connectivity index (χ1n) is 11.0. The molecule has 166 valence electrons. The summed E-state index contributed by atoms with van der Waals surface area (Å²) in [6.45, 7) is 5.02. The molecule has 0 aliphatic carbocycles. The normalized spacial score (nSPS) is 13.7. The van der Waals surface area contributed by atoms with Crippen molar-refractivity contribution < 1.29 is 9.53 Å². The minimum Gasteiger partial charge on any atom is -0.378 e. The number of carbonyl (C=O) groups is 1. The average Bonchev–Trinajstić information content (AvgIpc) is 2.85. The van der Waals surface area contributed by atoms with Gasteiger partial charge in [-0.05, 0) is 54.1 Å². The van der Waals surface area contributed by atoms with Crippen molar-refractivity contribution in [1.82, 2.24) is 9.97 Å². The number of fused-ring (bicyclic) bond motifs is 1. The standard InChI is InChI=1S/C26H25N5O2/c1-18-16-24(31-12-14-33-15-13-31)30-26(27-18)29-23-10-8-22(9-11-23)28-25(32)21-7-6-19-4-2-3-5-20(19)17-21/h2-11,16-17H,12-15H2,1H3,(H,28,32)(H,27,29,30). The van der Waals surface area contributed by atoms with Crippen molar-refractivity contribution in [3.8, 4) is 0 Å². The maximum absolute atomic E-state index is 12.7. The van der Waals surface area contributed by atoms with Gasteiger partial charge in [-0.25, -0.2) is 4.98 Å². The number of aromatic nitrogens is 2. The molecule has 1 aliphatic rings. The van der Waals surface area contributed by atoms with Gasteiger partial charge in [0.2, 0.25) is 5.95 Å². The average molecular weight is 440 g/mol. The molecule has 33 heavy (non-hydrogen) atoms. The maximum Gasteiger partial charge on any atom is 0.255 e. The number of carbonyl (C=O) groups excluding carboxylic acids is 1. The van der Waals surface area contributed by atoms with Gasteiger partial charge in [-0.2, -0.15) is 4.98 Å². The summed E-state index contributed by atoms with van der Waals surface area (Å²) < 4.78 is 5.43. The Labute approximate surface area is 192 Å². The van der Waals surface area contributed by atoms with Crippen LogP contribution in [0.3, 0.4) is 0 Å². The largest absolute Gasteiger partial charge is 0.378 e. The Hall–Kier alpha value is -3.97. The Morgan fingerprint density at radius 2 is 1.61 bits per heavy atom. The van der Waals surface area contributed by atoms with Crippen molar-refractivity contribution in [2.75, 3.05) is 41.8 Å². The van der Waals surface area contributed by atoms with E-state index in [9.17, 15) is 4.79 Å². The summed E-state index contributed by atoms with van der Waals surface area (Å²) in [6.07, 6.45) is 0. The Kier molecular flexibility index (Phi) is 5.87. The van der Waals surface area contributed by atoms with Gasteiger partial charge in [0.05, 0.1) is 13.2 Å². The second kappa shape index (κ2) is 9.26. The highest BCUT2D eigenvalue weighted by atomic mass is 16.5. The van der Waals surface area contributed by atoms with E-state index < -0.39 is 0 Å². The van der Waals surface area contributed by atoms with Gasteiger partial charge in [0, 0.05) is 41.8 Å². The minimum absolute atomic E-state index is 0.140. The van der Waals surface area contributed by atoms with Crippen molar-refractivity contribution >= 4 is 39.8 Å². The molecule has 0 atom stereocenters. The molecular weight excluding hydrogens is 414 g/mol. The summed E-state index contributed by atoms with van der Waals surface area (Å²) in [4.78, 5) is 24.1. The van der Waals surface area contributed by atoms with Crippen LogP contribution in [0.1, 0.15) is 16.1 Å². The third kappa shape index (κ3) is 4.94. The van der Waals surface area contributed by atoms with Crippen LogP contribution in [0.25, 0.3) is 10.8 Å². The van der Waals surface area contributed by atoms with Crippen LogP contribution in [-0.2, 0) is 4.74 Å². The number of hydrogen-bond acceptors (Lipinski definition) is 6. The van der Waals surface area contributed by atoms with Gasteiger partial charge >= 0.3 is 0 Å². The van der Waals surface area contributed by atoms with Crippen LogP contribution in [0.2, 0.25) is 0 Å². The number of aryl methyl sites for hydroxylation is 1. The molecule has 1 saturated heterocycles. The highest BCUT2D eigenvalue weighted by Crippen LogP contribution is 2.22. The first-order chi connectivity index (χ1) is 16.1. The zero-order valence-corrected chi connectivity index (χ0v) is 18.4. The quantitative estimate of drug-likeness (QED) is 0.466. The fourth-order valence-corrected chi connectivity index (χ4v) is 3.86. The predicted molar refractivity (Wildman–Crippen MR) is 131 cm³/mol. The van der Waals surface area contributed by atoms with E-state index in [1.54, 1.807) is 0 Å². The van der Waals surface area contributed by atoms with E-state index in [2.05, 4.69) is 25.5 Å². The SMILES string of the molecule is Cc1cc(N2CCOCC2)nc(Nc2ccc(NC(=O)c3ccc4ccccc4c3)cc2)n1. The van der Waals surface area contributed by atoms with Crippen LogP contribution >= 0.6 is 0 Å². The molecule has 2 heterocycles. The molecule has 1 aliphatic heterocycles. The molecule has 1 aromatic heterocycles. The lowest BCUT2D eigenvalue weighted by molar-refractivity contribution is 0.102. The summed E-state index contributed by atoms with van der Waals surface area (Å²) in [5, 5.41) is 8.37. The van der Waals surface area contributed by atoms with E-state index in [1.807, 2.05) is 79.7 Å². The molecule has 0 unspecified atom stereocenters. The lowest BCUT2D eigenvalue weighted by Crippen LogP contribution is -2.36. The summed E-state index contributed by atoms with van der Waals surface area (Å²) >= 11 is 0. The van der Waals surface area contributed by atoms with Crippen LogP contribution in [0.15, 0.2) is 72.8 Å². The van der Waals surface area contributed by atoms with Crippen molar-refractivity contribution in [2.24, 2.45) is 0 Å². The van der Waals surface area contributed by atoms with E-state index in [0.29, 0.717) is 24.7 Å². The lowest BCUT2D eigenvalue weighted by atomic mass is 10.1. The molecule has 0 radical (unpaired) electrons. The molecule has 5 rings (SSSR count). The predicted octanol–water partition coefficient (Wildman–Crippen LogP) is 4.77. The molecule has 3 aromatic carbocycles. The molecule has 2 N–H and O–H groups in total. The van der Waals surface area contributed by atoms with Crippen LogP contribution in [-0.4, -0.2) is 42.2 Å². The Balaban J connectivity index is 1.26. The fourth-order valence-electron chi connectivity index (χ4n) is 3.86. The number of ether oxygens (including phenoxy) is 1. The van der Waals surface area contributed by atoms with Crippen molar-refractivity contribution in [1.29, 1.82) is 0 Å². The van der Waals surface area contributed by atoms with Gasteiger partial charge in [-0.3, -0.25) is 4.79 Å². The van der Waals surface area contributed by atoms with E-state index in [-0.39, 0.29) is 5.91 Å². The van der Waals surface area contributed by atoms with Gasteiger partial charge in [0.25, 0.3) is 5.91 Å². The van der Waals surface area contributed by atoms with Crippen LogP contribution < -0.4 is 15.5 Å². The third-order valence-electron chi connectivity index (χ3n) is 5.59. The van der Waals surface area contributed by atoms with Gasteiger partial charge in [0.15, 0.2) is 0 Å². The minimum atomic E-state index is -0.140. The summed E-state index contributed by atoms with van der Waals surface area (Å²) in [7, 11) is 0. The summed E-state index contributed by atoms with van der Waals surface area (Å²) in [6, 6.07) is 23.2. The third-order valence-corrected chi connectivity index (χ3v) is 5.59. The molecular formula is C26H25N5O2. The zero-order valence-electron chi connectivity index (χ0n) is 18.4. The molecule has 0 saturated carbocycles. The van der Waals surface area contributed by atoms with Gasteiger partial charge < -0.3 is 20.3 Å². The number of anilines is 4. The number of benzene rings is 3. The second-order valence-electron chi connectivity index (χ2n) is 8.01. The van der Waals surface area contributed by atoms with E-state index in [4.69, 9.17) is 4.74 Å². The lowest BCUT2D eigenvalue weighted by Gasteiger charge is -2.28. The number of hydrogen-bond donors (Lipinski definition) is 2. The fraction of sp³-hybridized carbons (Fsp3) is 0.192. The zero-order chi connectivity index (χ0) is 22.6. The number of amides is 1. The number of rotatable bonds is 5. The molecule has 0 spiro atoms. The Bertz CT molecular complexity index is 1280. The maximum atomic E-state index is 12.7. The summed E-state index contributed by atoms with van der Waals surface area (Å²) in [5.74, 6) is 1.30. The van der Waals surface area contributed by atoms with Crippen LogP contribution in [0.4, 0.5) is 23.1 Å².